The molecule has 1 rings (SSSR count). The maximum atomic E-state index is 9.28. The molecule has 2 atom stereocenters. The predicted octanol–water partition coefficient (Wildman–Crippen LogP) is 5.25. The van der Waals surface area contributed by atoms with Crippen LogP contribution >= 0.6 is 0 Å². The molecule has 0 bridgehead atoms. The first-order valence-corrected chi connectivity index (χ1v) is 10.1. The van der Waals surface area contributed by atoms with E-state index >= 15 is 0 Å². The summed E-state index contributed by atoms with van der Waals surface area (Å²) in [5, 5.41) is 9.28. The average molecular weight is 312 g/mol. The Morgan fingerprint density at radius 3 is 1.86 bits per heavy atom. The minimum absolute atomic E-state index is 0.310. The molecule has 1 saturated heterocycles. The fraction of sp³-hybridized carbons (Fsp3) is 1.00. The van der Waals surface area contributed by atoms with Gasteiger partial charge in [0.15, 0.2) is 0 Å². The molecule has 0 aliphatic carbocycles. The topological polar surface area (TPSA) is 23.5 Å². The molecular weight excluding hydrogens is 270 g/mol. The summed E-state index contributed by atoms with van der Waals surface area (Å²) in [5.74, 6) is 1.85. The molecule has 2 nitrogen and oxygen atoms in total. The molecule has 1 N–H and O–H groups in total. The van der Waals surface area contributed by atoms with Crippen molar-refractivity contribution in [2.24, 2.45) is 11.8 Å². The molecule has 22 heavy (non-hydrogen) atoms. The number of unbranched alkanes of at least 4 members (excludes halogenated alkanes) is 7. The maximum absolute atomic E-state index is 9.28. The second-order valence-electron chi connectivity index (χ2n) is 7.56. The van der Waals surface area contributed by atoms with Crippen molar-refractivity contribution in [3.63, 3.8) is 0 Å². The van der Waals surface area contributed by atoms with Gasteiger partial charge in [-0.25, -0.2) is 0 Å². The zero-order valence-corrected chi connectivity index (χ0v) is 15.5. The van der Waals surface area contributed by atoms with Crippen molar-refractivity contribution in [1.82, 2.24) is 4.90 Å². The Bertz CT molecular complexity index is 250. The normalized spacial score (nSPS) is 19.1. The predicted molar refractivity (Wildman–Crippen MR) is 97.2 cm³/mol. The number of likely N-dealkylation sites (tertiary alicyclic amines) is 1. The van der Waals surface area contributed by atoms with Gasteiger partial charge in [0.1, 0.15) is 0 Å². The number of hydrogen-bond acceptors (Lipinski definition) is 2. The summed E-state index contributed by atoms with van der Waals surface area (Å²) in [6.45, 7) is 9.51. The van der Waals surface area contributed by atoms with E-state index in [9.17, 15) is 5.11 Å². The van der Waals surface area contributed by atoms with Crippen molar-refractivity contribution in [3.05, 3.63) is 0 Å². The van der Waals surface area contributed by atoms with Crippen LogP contribution in [-0.4, -0.2) is 35.7 Å². The van der Waals surface area contributed by atoms with E-state index < -0.39 is 0 Å². The van der Waals surface area contributed by atoms with Crippen LogP contribution in [0.2, 0.25) is 0 Å². The summed E-state index contributed by atoms with van der Waals surface area (Å²) < 4.78 is 0. The summed E-state index contributed by atoms with van der Waals surface area (Å²) in [6, 6.07) is 0.363. The van der Waals surface area contributed by atoms with Gasteiger partial charge in [0, 0.05) is 19.1 Å². The molecule has 0 aromatic rings. The summed E-state index contributed by atoms with van der Waals surface area (Å²) in [6.07, 6.45) is 15.5. The van der Waals surface area contributed by atoms with Crippen molar-refractivity contribution < 1.29 is 5.11 Å². The van der Waals surface area contributed by atoms with E-state index in [4.69, 9.17) is 0 Å². The largest absolute Gasteiger partial charge is 0.395 e. The van der Waals surface area contributed by atoms with E-state index in [0.29, 0.717) is 12.6 Å². The van der Waals surface area contributed by atoms with Crippen LogP contribution in [0.1, 0.15) is 91.4 Å². The fourth-order valence-electron chi connectivity index (χ4n) is 3.78. The Labute approximate surface area is 139 Å². The summed E-state index contributed by atoms with van der Waals surface area (Å²) in [7, 11) is 0. The number of aliphatic hydroxyl groups excluding tert-OH is 1. The van der Waals surface area contributed by atoms with E-state index in [1.54, 1.807) is 0 Å². The summed E-state index contributed by atoms with van der Waals surface area (Å²) >= 11 is 0. The molecule has 1 aliphatic rings. The van der Waals surface area contributed by atoms with Gasteiger partial charge in [0.05, 0.1) is 6.61 Å². The SMILES string of the molecule is CCCCCCCC(CCCCCC)C1CN([C@@H](C)CO)C1. The lowest BCUT2D eigenvalue weighted by atomic mass is 9.78. The van der Waals surface area contributed by atoms with Crippen molar-refractivity contribution in [1.29, 1.82) is 0 Å². The van der Waals surface area contributed by atoms with E-state index in [-0.39, 0.29) is 0 Å². The van der Waals surface area contributed by atoms with Crippen molar-refractivity contribution in [3.8, 4) is 0 Å². The molecule has 0 spiro atoms. The first kappa shape index (κ1) is 20.0. The van der Waals surface area contributed by atoms with Crippen molar-refractivity contribution in [2.45, 2.75) is 97.4 Å². The second kappa shape index (κ2) is 12.4. The molecule has 2 heteroatoms. The monoisotopic (exact) mass is 311 g/mol. The fourth-order valence-corrected chi connectivity index (χ4v) is 3.78. The molecule has 0 aromatic heterocycles. The van der Waals surface area contributed by atoms with Crippen LogP contribution in [0, 0.1) is 11.8 Å². The van der Waals surface area contributed by atoms with Gasteiger partial charge in [-0.1, -0.05) is 84.5 Å². The molecule has 0 amide bonds. The van der Waals surface area contributed by atoms with Gasteiger partial charge >= 0.3 is 0 Å². The first-order chi connectivity index (χ1) is 10.7. The minimum atomic E-state index is 0.310. The molecule has 1 aliphatic heterocycles. The summed E-state index contributed by atoms with van der Waals surface area (Å²) in [4.78, 5) is 2.46. The van der Waals surface area contributed by atoms with E-state index in [1.165, 1.54) is 83.7 Å². The van der Waals surface area contributed by atoms with Gasteiger partial charge in [-0.15, -0.1) is 0 Å². The Hall–Kier alpha value is -0.0800. The van der Waals surface area contributed by atoms with Gasteiger partial charge in [0.25, 0.3) is 0 Å². The lowest BCUT2D eigenvalue weighted by molar-refractivity contribution is -0.0000879. The molecule has 0 saturated carbocycles. The number of aliphatic hydroxyl groups is 1. The minimum Gasteiger partial charge on any atom is -0.395 e. The number of nitrogens with zero attached hydrogens (tertiary/aromatic N) is 1. The standard InChI is InChI=1S/C20H41NO/c1-4-6-8-10-12-14-19(13-11-9-7-5-2)20-15-21(16-20)18(3)17-22/h18-20,22H,4-17H2,1-3H3/t18-,19?/m0/s1. The van der Waals surface area contributed by atoms with Crippen LogP contribution < -0.4 is 0 Å². The highest BCUT2D eigenvalue weighted by Gasteiger charge is 2.34. The van der Waals surface area contributed by atoms with Crippen LogP contribution in [0.25, 0.3) is 0 Å². The molecule has 132 valence electrons. The molecule has 1 heterocycles. The van der Waals surface area contributed by atoms with Crippen LogP contribution in [-0.2, 0) is 0 Å². The lowest BCUT2D eigenvalue weighted by Crippen LogP contribution is -2.54. The smallest absolute Gasteiger partial charge is 0.0584 e. The van der Waals surface area contributed by atoms with Crippen LogP contribution in [0.4, 0.5) is 0 Å². The van der Waals surface area contributed by atoms with E-state index in [0.717, 1.165) is 11.8 Å². The van der Waals surface area contributed by atoms with Crippen LogP contribution in [0.15, 0.2) is 0 Å². The molecular formula is C20H41NO. The number of hydrogen-bond donors (Lipinski definition) is 1. The average Bonchev–Trinajstić information content (AvgIpc) is 2.48. The molecule has 1 fully saturated rings. The van der Waals surface area contributed by atoms with Gasteiger partial charge in [0.2, 0.25) is 0 Å². The Morgan fingerprint density at radius 2 is 1.36 bits per heavy atom. The molecule has 0 aromatic carbocycles. The highest BCUT2D eigenvalue weighted by Crippen LogP contribution is 2.33. The quantitative estimate of drug-likeness (QED) is 0.443. The van der Waals surface area contributed by atoms with Crippen molar-refractivity contribution >= 4 is 0 Å². The van der Waals surface area contributed by atoms with Gasteiger partial charge in [-0.3, -0.25) is 4.90 Å². The lowest BCUT2D eigenvalue weighted by Gasteiger charge is -2.46. The Kier molecular flexibility index (Phi) is 11.2. The highest BCUT2D eigenvalue weighted by molar-refractivity contribution is 4.87. The molecule has 0 radical (unpaired) electrons. The van der Waals surface area contributed by atoms with Crippen molar-refractivity contribution in [2.75, 3.05) is 19.7 Å². The van der Waals surface area contributed by atoms with E-state index in [2.05, 4.69) is 25.7 Å². The Balaban J connectivity index is 2.25. The Morgan fingerprint density at radius 1 is 0.864 bits per heavy atom. The van der Waals surface area contributed by atoms with E-state index in [1.807, 2.05) is 0 Å². The first-order valence-electron chi connectivity index (χ1n) is 10.1. The van der Waals surface area contributed by atoms with Crippen LogP contribution in [0.5, 0.6) is 0 Å². The van der Waals surface area contributed by atoms with Gasteiger partial charge in [-0.05, 0) is 18.8 Å². The van der Waals surface area contributed by atoms with Gasteiger partial charge < -0.3 is 5.11 Å². The third-order valence-corrected chi connectivity index (χ3v) is 5.60. The van der Waals surface area contributed by atoms with Gasteiger partial charge in [-0.2, -0.15) is 0 Å². The zero-order chi connectivity index (χ0) is 16.2. The number of rotatable bonds is 14. The maximum Gasteiger partial charge on any atom is 0.0584 e. The second-order valence-corrected chi connectivity index (χ2v) is 7.56. The van der Waals surface area contributed by atoms with Crippen LogP contribution in [0.3, 0.4) is 0 Å². The third kappa shape index (κ3) is 7.46. The highest BCUT2D eigenvalue weighted by atomic mass is 16.3. The zero-order valence-electron chi connectivity index (χ0n) is 15.5. The third-order valence-electron chi connectivity index (χ3n) is 5.60. The summed E-state index contributed by atoms with van der Waals surface area (Å²) in [5.41, 5.74) is 0. The molecule has 1 unspecified atom stereocenters.